The third kappa shape index (κ3) is 3.28. The summed E-state index contributed by atoms with van der Waals surface area (Å²) in [5, 5.41) is 3.36. The SMILES string of the molecule is NC(=NCC1(N2CCOCC2)CC1)Nc1cccc2c1CCCC2. The van der Waals surface area contributed by atoms with Gasteiger partial charge in [-0.3, -0.25) is 9.89 Å². The third-order valence-electron chi connectivity index (χ3n) is 5.71. The van der Waals surface area contributed by atoms with E-state index in [0.29, 0.717) is 5.96 Å². The highest BCUT2D eigenvalue weighted by molar-refractivity contribution is 5.93. The molecule has 4 rings (SSSR count). The molecule has 1 aromatic carbocycles. The zero-order valence-electron chi connectivity index (χ0n) is 14.4. The van der Waals surface area contributed by atoms with E-state index < -0.39 is 0 Å². The predicted octanol–water partition coefficient (Wildman–Crippen LogP) is 2.16. The zero-order chi connectivity index (χ0) is 16.4. The number of nitrogens with zero attached hydrogens (tertiary/aromatic N) is 2. The van der Waals surface area contributed by atoms with Crippen LogP contribution in [0.25, 0.3) is 0 Å². The quantitative estimate of drug-likeness (QED) is 0.657. The number of guanidine groups is 1. The molecule has 5 heteroatoms. The number of nitrogens with two attached hydrogens (primary N) is 1. The van der Waals surface area contributed by atoms with Crippen molar-refractivity contribution in [2.75, 3.05) is 38.2 Å². The van der Waals surface area contributed by atoms with Gasteiger partial charge in [-0.05, 0) is 55.7 Å². The van der Waals surface area contributed by atoms with E-state index in [1.807, 2.05) is 0 Å². The smallest absolute Gasteiger partial charge is 0.193 e. The van der Waals surface area contributed by atoms with Gasteiger partial charge >= 0.3 is 0 Å². The first-order valence-electron chi connectivity index (χ1n) is 9.27. The van der Waals surface area contributed by atoms with Gasteiger partial charge in [-0.1, -0.05) is 12.1 Å². The van der Waals surface area contributed by atoms with E-state index in [2.05, 4.69) is 33.4 Å². The fourth-order valence-electron chi connectivity index (χ4n) is 4.06. The maximum atomic E-state index is 6.20. The van der Waals surface area contributed by atoms with E-state index in [-0.39, 0.29) is 5.54 Å². The first kappa shape index (κ1) is 15.9. The Morgan fingerprint density at radius 2 is 2.00 bits per heavy atom. The molecule has 2 aliphatic carbocycles. The molecule has 5 nitrogen and oxygen atoms in total. The number of hydrogen-bond donors (Lipinski definition) is 2. The summed E-state index contributed by atoms with van der Waals surface area (Å²) in [5.74, 6) is 0.550. The van der Waals surface area contributed by atoms with Gasteiger partial charge in [-0.25, -0.2) is 0 Å². The molecule has 0 amide bonds. The van der Waals surface area contributed by atoms with Gasteiger partial charge in [0.25, 0.3) is 0 Å². The number of hydrogen-bond acceptors (Lipinski definition) is 3. The lowest BCUT2D eigenvalue weighted by Gasteiger charge is -2.34. The molecule has 0 atom stereocenters. The van der Waals surface area contributed by atoms with Crippen molar-refractivity contribution in [3.63, 3.8) is 0 Å². The lowest BCUT2D eigenvalue weighted by atomic mass is 9.90. The van der Waals surface area contributed by atoms with Crippen LogP contribution in [0.2, 0.25) is 0 Å². The molecule has 0 radical (unpaired) electrons. The minimum Gasteiger partial charge on any atom is -0.379 e. The van der Waals surface area contributed by atoms with E-state index in [9.17, 15) is 0 Å². The van der Waals surface area contributed by atoms with Crippen molar-refractivity contribution < 1.29 is 4.74 Å². The molecule has 3 N–H and O–H groups in total. The van der Waals surface area contributed by atoms with Crippen LogP contribution in [0.3, 0.4) is 0 Å². The van der Waals surface area contributed by atoms with Crippen molar-refractivity contribution in [2.45, 2.75) is 44.1 Å². The molecular weight excluding hydrogens is 300 g/mol. The molecule has 1 saturated heterocycles. The van der Waals surface area contributed by atoms with E-state index >= 15 is 0 Å². The predicted molar refractivity (Wildman–Crippen MR) is 97.6 cm³/mol. The Kier molecular flexibility index (Phi) is 4.46. The molecule has 2 fully saturated rings. The number of nitrogens with one attached hydrogen (secondary N) is 1. The highest BCUT2D eigenvalue weighted by Crippen LogP contribution is 2.42. The van der Waals surface area contributed by atoms with Crippen LogP contribution in [0.15, 0.2) is 23.2 Å². The van der Waals surface area contributed by atoms with Crippen LogP contribution in [-0.2, 0) is 17.6 Å². The average Bonchev–Trinajstić information content (AvgIpc) is 3.42. The molecule has 0 aromatic heterocycles. The van der Waals surface area contributed by atoms with Gasteiger partial charge in [0.2, 0.25) is 0 Å². The van der Waals surface area contributed by atoms with Gasteiger partial charge in [0, 0.05) is 24.3 Å². The fraction of sp³-hybridized carbons (Fsp3) is 0.632. The number of anilines is 1. The van der Waals surface area contributed by atoms with Crippen molar-refractivity contribution in [2.24, 2.45) is 10.7 Å². The number of ether oxygens (including phenoxy) is 1. The summed E-state index contributed by atoms with van der Waals surface area (Å²) in [6, 6.07) is 6.49. The Labute approximate surface area is 144 Å². The zero-order valence-corrected chi connectivity index (χ0v) is 14.4. The van der Waals surface area contributed by atoms with Crippen molar-refractivity contribution >= 4 is 11.6 Å². The summed E-state index contributed by atoms with van der Waals surface area (Å²) in [7, 11) is 0. The number of morpholine rings is 1. The van der Waals surface area contributed by atoms with Crippen molar-refractivity contribution in [1.82, 2.24) is 4.90 Å². The summed E-state index contributed by atoms with van der Waals surface area (Å²) in [4.78, 5) is 7.22. The van der Waals surface area contributed by atoms with Gasteiger partial charge in [0.15, 0.2) is 5.96 Å². The average molecular weight is 328 g/mol. The molecule has 130 valence electrons. The molecule has 0 spiro atoms. The molecule has 24 heavy (non-hydrogen) atoms. The molecule has 1 aromatic rings. The standard InChI is InChI=1S/C19H28N4O/c20-18(21-14-19(8-9-19)23-10-12-24-13-11-23)22-17-7-3-5-15-4-1-2-6-16(15)17/h3,5,7H,1-2,4,6,8-14H2,(H3,20,21,22). The minimum absolute atomic E-state index is 0.242. The van der Waals surface area contributed by atoms with Crippen LogP contribution < -0.4 is 11.1 Å². The molecule has 3 aliphatic rings. The van der Waals surface area contributed by atoms with Crippen LogP contribution in [-0.4, -0.2) is 49.2 Å². The Morgan fingerprint density at radius 1 is 1.21 bits per heavy atom. The van der Waals surface area contributed by atoms with E-state index in [4.69, 9.17) is 10.5 Å². The Bertz CT molecular complexity index is 618. The third-order valence-corrected chi connectivity index (χ3v) is 5.71. The van der Waals surface area contributed by atoms with Crippen LogP contribution in [0.5, 0.6) is 0 Å². The van der Waals surface area contributed by atoms with Crippen molar-refractivity contribution in [3.05, 3.63) is 29.3 Å². The first-order valence-corrected chi connectivity index (χ1v) is 9.27. The lowest BCUT2D eigenvalue weighted by molar-refractivity contribution is 0.0117. The van der Waals surface area contributed by atoms with Gasteiger partial charge in [-0.2, -0.15) is 0 Å². The van der Waals surface area contributed by atoms with E-state index in [1.165, 1.54) is 43.2 Å². The molecule has 1 heterocycles. The molecular formula is C19H28N4O. The van der Waals surface area contributed by atoms with Crippen molar-refractivity contribution in [3.8, 4) is 0 Å². The highest BCUT2D eigenvalue weighted by atomic mass is 16.5. The highest BCUT2D eigenvalue weighted by Gasteiger charge is 2.48. The van der Waals surface area contributed by atoms with Crippen molar-refractivity contribution in [1.29, 1.82) is 0 Å². The summed E-state index contributed by atoms with van der Waals surface area (Å²) >= 11 is 0. The van der Waals surface area contributed by atoms with Gasteiger partial charge in [0.1, 0.15) is 0 Å². The topological polar surface area (TPSA) is 62.9 Å². The van der Waals surface area contributed by atoms with Gasteiger partial charge in [-0.15, -0.1) is 0 Å². The second-order valence-electron chi connectivity index (χ2n) is 7.30. The Hall–Kier alpha value is -1.59. The normalized spacial score (nSPS) is 23.6. The number of fused-ring (bicyclic) bond motifs is 1. The number of aliphatic imine (C=N–C) groups is 1. The maximum absolute atomic E-state index is 6.20. The molecule has 1 saturated carbocycles. The Morgan fingerprint density at radius 3 is 2.79 bits per heavy atom. The lowest BCUT2D eigenvalue weighted by Crippen LogP contribution is -2.47. The largest absolute Gasteiger partial charge is 0.379 e. The summed E-state index contributed by atoms with van der Waals surface area (Å²) in [5.41, 5.74) is 10.5. The van der Waals surface area contributed by atoms with E-state index in [0.717, 1.165) is 45.0 Å². The molecule has 0 bridgehead atoms. The minimum atomic E-state index is 0.242. The number of aryl methyl sites for hydroxylation is 1. The fourth-order valence-corrected chi connectivity index (χ4v) is 4.06. The van der Waals surface area contributed by atoms with Gasteiger partial charge in [0.05, 0.1) is 19.8 Å². The Balaban J connectivity index is 1.41. The summed E-state index contributed by atoms with van der Waals surface area (Å²) < 4.78 is 5.47. The van der Waals surface area contributed by atoms with Crippen LogP contribution in [0.4, 0.5) is 5.69 Å². The van der Waals surface area contributed by atoms with E-state index in [1.54, 1.807) is 0 Å². The van der Waals surface area contributed by atoms with Crippen LogP contribution in [0.1, 0.15) is 36.8 Å². The first-order chi connectivity index (χ1) is 11.8. The number of rotatable bonds is 4. The second kappa shape index (κ2) is 6.73. The molecule has 0 unspecified atom stereocenters. The molecule has 1 aliphatic heterocycles. The number of benzene rings is 1. The van der Waals surface area contributed by atoms with Crippen LogP contribution >= 0.6 is 0 Å². The van der Waals surface area contributed by atoms with Crippen LogP contribution in [0, 0.1) is 0 Å². The van der Waals surface area contributed by atoms with Gasteiger partial charge < -0.3 is 15.8 Å². The maximum Gasteiger partial charge on any atom is 0.193 e. The monoisotopic (exact) mass is 328 g/mol. The summed E-state index contributed by atoms with van der Waals surface area (Å²) in [6.07, 6.45) is 7.34. The second-order valence-corrected chi connectivity index (χ2v) is 7.30. The summed E-state index contributed by atoms with van der Waals surface area (Å²) in [6.45, 7) is 4.52.